The van der Waals surface area contributed by atoms with E-state index in [1.165, 1.54) is 38.5 Å². The smallest absolute Gasteiger partial charge is 0.444 e. The van der Waals surface area contributed by atoms with E-state index in [4.69, 9.17) is 63.3 Å². The van der Waals surface area contributed by atoms with Gasteiger partial charge in [0.05, 0.1) is 84.4 Å². The molecule has 0 bridgehead atoms. The molecule has 4 aliphatic rings. The van der Waals surface area contributed by atoms with Crippen LogP contribution in [-0.2, 0) is 19.3 Å². The van der Waals surface area contributed by atoms with Crippen molar-refractivity contribution >= 4 is 69.7 Å². The van der Waals surface area contributed by atoms with E-state index in [9.17, 15) is 19.2 Å². The molecule has 4 aliphatic heterocycles. The van der Waals surface area contributed by atoms with Gasteiger partial charge in [0.25, 0.3) is 11.8 Å². The highest BCUT2D eigenvalue weighted by Crippen LogP contribution is 2.35. The number of piperidine rings is 2. The van der Waals surface area contributed by atoms with Crippen LogP contribution in [0.15, 0.2) is 72.8 Å². The van der Waals surface area contributed by atoms with E-state index in [-0.39, 0.29) is 44.0 Å². The third-order valence-corrected chi connectivity index (χ3v) is 15.5. The van der Waals surface area contributed by atoms with Gasteiger partial charge in [-0.25, -0.2) is 9.59 Å². The average Bonchev–Trinajstić information content (AvgIpc) is 3.46. The fourth-order valence-corrected chi connectivity index (χ4v) is 10.7. The lowest BCUT2D eigenvalue weighted by Crippen LogP contribution is -2.52. The Balaban J connectivity index is 0.918. The second-order valence-electron chi connectivity index (χ2n) is 19.3. The number of nitrogen functional groups attached to an aromatic ring is 2. The highest BCUT2D eigenvalue weighted by Gasteiger charge is 2.40. The molecule has 8 rings (SSSR count). The van der Waals surface area contributed by atoms with Crippen molar-refractivity contribution in [3.63, 3.8) is 0 Å². The molecule has 4 heterocycles. The third kappa shape index (κ3) is 13.4. The second-order valence-corrected chi connectivity index (χ2v) is 20.1. The number of carbonyl (C=O) groups excluding carboxylic acids is 4. The zero-order valence-electron chi connectivity index (χ0n) is 43.8. The molecular formula is C54H70Cl2N10O10. The summed E-state index contributed by atoms with van der Waals surface area (Å²) in [6.07, 6.45) is 1.61. The van der Waals surface area contributed by atoms with Gasteiger partial charge in [-0.3, -0.25) is 19.4 Å². The first-order valence-corrected chi connectivity index (χ1v) is 26.6. The van der Waals surface area contributed by atoms with Crippen molar-refractivity contribution in [3.05, 3.63) is 94.0 Å². The fourth-order valence-electron chi connectivity index (χ4n) is 10.4. The first-order chi connectivity index (χ1) is 36.8. The van der Waals surface area contributed by atoms with E-state index in [2.05, 4.69) is 41.5 Å². The van der Waals surface area contributed by atoms with E-state index in [0.717, 1.165) is 112 Å². The highest BCUT2D eigenvalue weighted by molar-refractivity contribution is 6.34. The molecular weight excluding hydrogens is 1020 g/mol. The molecule has 22 heteroatoms. The summed E-state index contributed by atoms with van der Waals surface area (Å²) in [5, 5.41) is 1.95. The van der Waals surface area contributed by atoms with E-state index in [1.54, 1.807) is 14.2 Å². The normalized spacial score (nSPS) is 17.4. The average molecular weight is 1090 g/mol. The summed E-state index contributed by atoms with van der Waals surface area (Å²) in [6.45, 7) is 12.6. The molecule has 0 spiro atoms. The van der Waals surface area contributed by atoms with Gasteiger partial charge >= 0.3 is 11.9 Å². The van der Waals surface area contributed by atoms with Crippen molar-refractivity contribution in [2.24, 2.45) is 0 Å². The molecule has 0 aromatic heterocycles. The van der Waals surface area contributed by atoms with Crippen LogP contribution in [0.4, 0.5) is 22.7 Å². The molecule has 4 saturated heterocycles. The van der Waals surface area contributed by atoms with Crippen LogP contribution < -0.4 is 40.2 Å². The maximum absolute atomic E-state index is 14.6. The van der Waals surface area contributed by atoms with Gasteiger partial charge in [-0.1, -0.05) is 47.5 Å². The lowest BCUT2D eigenvalue weighted by molar-refractivity contribution is -0.215. The molecule has 0 unspecified atom stereocenters. The number of nitrogens with zero attached hydrogens (tertiary/aromatic N) is 8. The zero-order chi connectivity index (χ0) is 53.9. The number of methoxy groups -OCH3 is 4. The Morgan fingerprint density at radius 2 is 0.789 bits per heavy atom. The summed E-state index contributed by atoms with van der Waals surface area (Å²) in [6, 6.07) is 20.2. The maximum atomic E-state index is 14.6. The van der Waals surface area contributed by atoms with Crippen LogP contribution in [0.25, 0.3) is 0 Å². The van der Waals surface area contributed by atoms with Crippen LogP contribution in [0.1, 0.15) is 46.4 Å². The Kier molecular flexibility index (Phi) is 19.2. The molecule has 20 nitrogen and oxygen atoms in total. The molecule has 0 saturated carbocycles. The number of hydrogen-bond acceptors (Lipinski definition) is 18. The minimum Gasteiger partial charge on any atom is -0.496 e. The summed E-state index contributed by atoms with van der Waals surface area (Å²) in [5.41, 5.74) is 14.6. The fraction of sp³-hybridized carbons (Fsp3) is 0.481. The van der Waals surface area contributed by atoms with Gasteiger partial charge < -0.3 is 59.7 Å². The molecule has 76 heavy (non-hydrogen) atoms. The van der Waals surface area contributed by atoms with Crippen LogP contribution >= 0.6 is 23.2 Å². The number of anilines is 4. The third-order valence-electron chi connectivity index (χ3n) is 14.9. The zero-order valence-corrected chi connectivity index (χ0v) is 45.3. The van der Waals surface area contributed by atoms with Crippen LogP contribution in [0.3, 0.4) is 0 Å². The number of hydrogen-bond donors (Lipinski definition) is 2. The standard InChI is InChI=1S/C54H70Cl2N10O10/c1-71-47-11-7-5-9-45(47)63-29-25-61(26-30-63)23-21-59-17-13-37(14-18-59)65(51(67)39-33-41(55)43(57)35-49(39)73-3)75-53(69)54(70)76-66(52(68)40-34-42(56)44(58)36-50(40)74-4)38-15-19-60(20-16-38)22-24-62-27-31-64(32-28-62)46-10-6-8-12-48(46)72-2/h5-12,33-38H,13-32,57-58H2,1-4H3. The number of halogens is 2. The summed E-state index contributed by atoms with van der Waals surface area (Å²) in [5.74, 6) is -2.73. The molecule has 4 N–H and O–H groups in total. The van der Waals surface area contributed by atoms with Crippen LogP contribution in [0.5, 0.6) is 23.0 Å². The predicted molar refractivity (Wildman–Crippen MR) is 292 cm³/mol. The Bertz CT molecular complexity index is 2480. The van der Waals surface area contributed by atoms with Crippen molar-refractivity contribution in [2.75, 3.05) is 154 Å². The van der Waals surface area contributed by atoms with E-state index >= 15 is 0 Å². The summed E-state index contributed by atoms with van der Waals surface area (Å²) >= 11 is 12.9. The Morgan fingerprint density at radius 1 is 0.474 bits per heavy atom. The minimum absolute atomic E-state index is 0.0384. The summed E-state index contributed by atoms with van der Waals surface area (Å²) < 4.78 is 22.2. The van der Waals surface area contributed by atoms with Gasteiger partial charge in [-0.05, 0) is 62.1 Å². The molecule has 0 radical (unpaired) electrons. The number of benzene rings is 4. The van der Waals surface area contributed by atoms with Crippen molar-refractivity contribution < 1.29 is 47.8 Å². The Morgan fingerprint density at radius 3 is 1.12 bits per heavy atom. The van der Waals surface area contributed by atoms with Crippen molar-refractivity contribution in [3.8, 4) is 23.0 Å². The van der Waals surface area contributed by atoms with Gasteiger partial charge in [-0.15, -0.1) is 0 Å². The van der Waals surface area contributed by atoms with Gasteiger partial charge in [0.2, 0.25) is 0 Å². The number of nitrogens with two attached hydrogens (primary N) is 2. The van der Waals surface area contributed by atoms with Crippen LogP contribution in [0.2, 0.25) is 10.0 Å². The monoisotopic (exact) mass is 1090 g/mol. The van der Waals surface area contributed by atoms with Crippen LogP contribution in [-0.4, -0.2) is 199 Å². The largest absolute Gasteiger partial charge is 0.496 e. The molecule has 4 fully saturated rings. The first kappa shape index (κ1) is 55.8. The number of ether oxygens (including phenoxy) is 4. The molecule has 0 aliphatic carbocycles. The molecule has 4 aromatic rings. The number of hydroxylamine groups is 4. The Labute approximate surface area is 454 Å². The topological polar surface area (TPSA) is 202 Å². The molecule has 4 aromatic carbocycles. The predicted octanol–water partition coefficient (Wildman–Crippen LogP) is 5.27. The second kappa shape index (κ2) is 26.1. The summed E-state index contributed by atoms with van der Waals surface area (Å²) in [7, 11) is 6.12. The van der Waals surface area contributed by atoms with Gasteiger partial charge in [0, 0.05) is 117 Å². The van der Waals surface area contributed by atoms with Crippen molar-refractivity contribution in [1.82, 2.24) is 29.7 Å². The van der Waals surface area contributed by atoms with Gasteiger partial charge in [-0.2, -0.15) is 10.1 Å². The number of amides is 2. The molecule has 0 atom stereocenters. The number of likely N-dealkylation sites (tertiary alicyclic amines) is 2. The Hall–Kier alpha value is -6.42. The number of carbonyl (C=O) groups is 4. The molecule has 410 valence electrons. The number of rotatable bonds is 16. The first-order valence-electron chi connectivity index (χ1n) is 25.8. The maximum Gasteiger partial charge on any atom is 0.444 e. The van der Waals surface area contributed by atoms with Crippen molar-refractivity contribution in [2.45, 2.75) is 37.8 Å². The lowest BCUT2D eigenvalue weighted by atomic mass is 10.0. The van der Waals surface area contributed by atoms with E-state index in [0.29, 0.717) is 51.9 Å². The number of para-hydroxylation sites is 4. The van der Waals surface area contributed by atoms with Crippen molar-refractivity contribution in [1.29, 1.82) is 0 Å². The van der Waals surface area contributed by atoms with Gasteiger partial charge in [0.1, 0.15) is 23.0 Å². The SMILES string of the molecule is COc1cc(N)c(Cl)cc1C(=O)N(OC(=O)C(=O)ON(C(=O)c1cc(Cl)c(N)cc1OC)C1CCN(CCN2CCN(c3ccccc3OC)CC2)CC1)C1CCN(CCN2CCN(c3ccccc3OC)CC2)CC1. The van der Waals surface area contributed by atoms with E-state index < -0.39 is 35.8 Å². The number of piperazine rings is 2. The highest BCUT2D eigenvalue weighted by atomic mass is 35.5. The van der Waals surface area contributed by atoms with Gasteiger partial charge in [0.15, 0.2) is 0 Å². The quantitative estimate of drug-likeness (QED) is 0.0835. The van der Waals surface area contributed by atoms with Crippen LogP contribution in [0, 0.1) is 0 Å². The van der Waals surface area contributed by atoms with E-state index in [1.807, 2.05) is 36.4 Å². The minimum atomic E-state index is -1.52. The summed E-state index contributed by atoms with van der Waals surface area (Å²) in [4.78, 5) is 83.1. The lowest BCUT2D eigenvalue weighted by Gasteiger charge is -2.40. The molecule has 2 amide bonds.